The number of hydrogen-bond donors (Lipinski definition) is 2. The van der Waals surface area contributed by atoms with Gasteiger partial charge in [0.1, 0.15) is 6.04 Å². The third kappa shape index (κ3) is 6.86. The molecule has 0 rings (SSSR count). The Kier molecular flexibility index (Phi) is 5.72. The zero-order chi connectivity index (χ0) is 11.2. The number of carboxylic acid groups (broad SMARTS) is 1. The van der Waals surface area contributed by atoms with Crippen LogP contribution in [0.1, 0.15) is 27.2 Å². The summed E-state index contributed by atoms with van der Waals surface area (Å²) in [4.78, 5) is 10.6. The fourth-order valence-electron chi connectivity index (χ4n) is 0.858. The first-order chi connectivity index (χ1) is 6.37. The summed E-state index contributed by atoms with van der Waals surface area (Å²) in [5, 5.41) is 11.4. The fourth-order valence-corrected chi connectivity index (χ4v) is 0.858. The summed E-state index contributed by atoms with van der Waals surface area (Å²) >= 11 is 0. The van der Waals surface area contributed by atoms with Crippen LogP contribution in [0.5, 0.6) is 0 Å². The smallest absolute Gasteiger partial charge is 0.323 e. The predicted octanol–water partition coefficient (Wildman–Crippen LogP) is 1.11. The Morgan fingerprint density at radius 1 is 1.50 bits per heavy atom. The minimum absolute atomic E-state index is 0.224. The molecule has 0 aliphatic heterocycles. The molecule has 0 radical (unpaired) electrons. The van der Waals surface area contributed by atoms with Crippen LogP contribution in [0, 0.1) is 5.41 Å². The molecule has 0 spiro atoms. The van der Waals surface area contributed by atoms with Crippen LogP contribution >= 0.6 is 0 Å². The minimum Gasteiger partial charge on any atom is -0.480 e. The van der Waals surface area contributed by atoms with Crippen LogP contribution in [0.3, 0.4) is 0 Å². The summed E-state index contributed by atoms with van der Waals surface area (Å²) in [5.41, 5.74) is 0.234. The van der Waals surface area contributed by atoms with Crippen molar-refractivity contribution in [2.24, 2.45) is 5.41 Å². The van der Waals surface area contributed by atoms with E-state index in [0.29, 0.717) is 6.61 Å². The molecule has 0 aromatic rings. The standard InChI is InChI=1S/C10H21NO3/c1-10(2,3)5-6-14-7-8(11-4)9(12)13/h8,11H,5-7H2,1-4H3,(H,12,13). The van der Waals surface area contributed by atoms with Crippen LogP contribution in [0.2, 0.25) is 0 Å². The lowest BCUT2D eigenvalue weighted by Gasteiger charge is -2.18. The van der Waals surface area contributed by atoms with Gasteiger partial charge in [0.15, 0.2) is 0 Å². The van der Waals surface area contributed by atoms with E-state index in [1.165, 1.54) is 0 Å². The van der Waals surface area contributed by atoms with Gasteiger partial charge < -0.3 is 15.2 Å². The summed E-state index contributed by atoms with van der Waals surface area (Å²) in [6.07, 6.45) is 0.934. The molecule has 0 aliphatic carbocycles. The van der Waals surface area contributed by atoms with E-state index in [1.807, 2.05) is 0 Å². The van der Waals surface area contributed by atoms with E-state index in [2.05, 4.69) is 26.1 Å². The monoisotopic (exact) mass is 203 g/mol. The Labute approximate surface area is 85.6 Å². The number of rotatable bonds is 6. The van der Waals surface area contributed by atoms with Gasteiger partial charge >= 0.3 is 5.97 Å². The number of carbonyl (C=O) groups is 1. The second kappa shape index (κ2) is 5.98. The lowest BCUT2D eigenvalue weighted by Crippen LogP contribution is -2.38. The number of hydrogen-bond acceptors (Lipinski definition) is 3. The van der Waals surface area contributed by atoms with Crippen LogP contribution < -0.4 is 5.32 Å². The summed E-state index contributed by atoms with van der Waals surface area (Å²) in [6.45, 7) is 7.21. The molecule has 4 heteroatoms. The molecule has 2 N–H and O–H groups in total. The van der Waals surface area contributed by atoms with E-state index >= 15 is 0 Å². The van der Waals surface area contributed by atoms with Crippen LogP contribution in [0.4, 0.5) is 0 Å². The third-order valence-corrected chi connectivity index (χ3v) is 1.93. The van der Waals surface area contributed by atoms with Gasteiger partial charge in [0, 0.05) is 6.61 Å². The Balaban J connectivity index is 3.58. The van der Waals surface area contributed by atoms with Gasteiger partial charge in [-0.3, -0.25) is 4.79 Å². The molecule has 0 aromatic carbocycles. The molecule has 14 heavy (non-hydrogen) atoms. The van der Waals surface area contributed by atoms with Crippen molar-refractivity contribution in [1.29, 1.82) is 0 Å². The van der Waals surface area contributed by atoms with Crippen molar-refractivity contribution in [1.82, 2.24) is 5.32 Å². The van der Waals surface area contributed by atoms with Crippen molar-refractivity contribution in [2.75, 3.05) is 20.3 Å². The number of nitrogens with one attached hydrogen (secondary N) is 1. The highest BCUT2D eigenvalue weighted by molar-refractivity contribution is 5.73. The van der Waals surface area contributed by atoms with E-state index in [0.717, 1.165) is 6.42 Å². The van der Waals surface area contributed by atoms with Crippen molar-refractivity contribution < 1.29 is 14.6 Å². The lowest BCUT2D eigenvalue weighted by atomic mass is 9.93. The van der Waals surface area contributed by atoms with E-state index in [-0.39, 0.29) is 12.0 Å². The number of aliphatic carboxylic acids is 1. The highest BCUT2D eigenvalue weighted by atomic mass is 16.5. The van der Waals surface area contributed by atoms with E-state index < -0.39 is 12.0 Å². The molecule has 0 heterocycles. The second-order valence-electron chi connectivity index (χ2n) is 4.57. The highest BCUT2D eigenvalue weighted by Gasteiger charge is 2.15. The van der Waals surface area contributed by atoms with Gasteiger partial charge in [-0.15, -0.1) is 0 Å². The van der Waals surface area contributed by atoms with Crippen molar-refractivity contribution >= 4 is 5.97 Å². The van der Waals surface area contributed by atoms with Crippen molar-refractivity contribution in [3.05, 3.63) is 0 Å². The zero-order valence-electron chi connectivity index (χ0n) is 9.46. The molecule has 1 atom stereocenters. The molecule has 84 valence electrons. The number of likely N-dealkylation sites (N-methyl/N-ethyl adjacent to an activating group) is 1. The number of ether oxygens (including phenoxy) is 1. The zero-order valence-corrected chi connectivity index (χ0v) is 9.46. The average molecular weight is 203 g/mol. The maximum absolute atomic E-state index is 10.6. The lowest BCUT2D eigenvalue weighted by molar-refractivity contribution is -0.141. The molecule has 0 fully saturated rings. The predicted molar refractivity (Wildman–Crippen MR) is 55.4 cm³/mol. The highest BCUT2D eigenvalue weighted by Crippen LogP contribution is 2.17. The van der Waals surface area contributed by atoms with Gasteiger partial charge in [0.05, 0.1) is 6.61 Å². The van der Waals surface area contributed by atoms with Crippen LogP contribution in [0.25, 0.3) is 0 Å². The molecule has 1 unspecified atom stereocenters. The summed E-state index contributed by atoms with van der Waals surface area (Å²) in [5.74, 6) is -0.872. The maximum atomic E-state index is 10.6. The van der Waals surface area contributed by atoms with Gasteiger partial charge in [0.2, 0.25) is 0 Å². The largest absolute Gasteiger partial charge is 0.480 e. The van der Waals surface area contributed by atoms with Crippen LogP contribution in [-0.4, -0.2) is 37.4 Å². The molecule has 0 amide bonds. The first-order valence-corrected chi connectivity index (χ1v) is 4.84. The van der Waals surface area contributed by atoms with Gasteiger partial charge in [-0.25, -0.2) is 0 Å². The quantitative estimate of drug-likeness (QED) is 0.635. The van der Waals surface area contributed by atoms with Crippen LogP contribution in [-0.2, 0) is 9.53 Å². The molecule has 0 saturated carbocycles. The Morgan fingerprint density at radius 3 is 2.43 bits per heavy atom. The molecular weight excluding hydrogens is 182 g/mol. The molecule has 4 nitrogen and oxygen atoms in total. The average Bonchev–Trinajstić information content (AvgIpc) is 2.01. The van der Waals surface area contributed by atoms with Crippen LogP contribution in [0.15, 0.2) is 0 Å². The Hall–Kier alpha value is -0.610. The summed E-state index contributed by atoms with van der Waals surface area (Å²) in [6, 6.07) is -0.602. The van der Waals surface area contributed by atoms with Gasteiger partial charge in [-0.1, -0.05) is 20.8 Å². The van der Waals surface area contributed by atoms with Gasteiger partial charge in [-0.2, -0.15) is 0 Å². The minimum atomic E-state index is -0.872. The Bertz CT molecular complexity index is 175. The normalized spacial score (nSPS) is 14.0. The molecule has 0 saturated heterocycles. The molecule has 0 aliphatic rings. The third-order valence-electron chi connectivity index (χ3n) is 1.93. The molecule has 0 bridgehead atoms. The topological polar surface area (TPSA) is 58.6 Å². The first kappa shape index (κ1) is 13.4. The number of carboxylic acids is 1. The van der Waals surface area contributed by atoms with Crippen molar-refractivity contribution in [3.63, 3.8) is 0 Å². The Morgan fingerprint density at radius 2 is 2.07 bits per heavy atom. The summed E-state index contributed by atoms with van der Waals surface area (Å²) < 4.78 is 5.28. The van der Waals surface area contributed by atoms with Gasteiger partial charge in [0.25, 0.3) is 0 Å². The van der Waals surface area contributed by atoms with Crippen molar-refractivity contribution in [3.8, 4) is 0 Å². The summed E-state index contributed by atoms with van der Waals surface area (Å²) in [7, 11) is 1.62. The van der Waals surface area contributed by atoms with Crippen molar-refractivity contribution in [2.45, 2.75) is 33.2 Å². The molecule has 0 aromatic heterocycles. The van der Waals surface area contributed by atoms with Gasteiger partial charge in [-0.05, 0) is 18.9 Å². The van der Waals surface area contributed by atoms with E-state index in [1.54, 1.807) is 7.05 Å². The second-order valence-corrected chi connectivity index (χ2v) is 4.57. The maximum Gasteiger partial charge on any atom is 0.323 e. The first-order valence-electron chi connectivity index (χ1n) is 4.84. The van der Waals surface area contributed by atoms with E-state index in [4.69, 9.17) is 9.84 Å². The fraction of sp³-hybridized carbons (Fsp3) is 0.900. The van der Waals surface area contributed by atoms with E-state index in [9.17, 15) is 4.79 Å². The SMILES string of the molecule is CNC(COCCC(C)(C)C)C(=O)O. The molecular formula is C10H21NO3.